The average Bonchev–Trinajstić information content (AvgIpc) is 2.60. The number of hydrogen-bond donors (Lipinski definition) is 1. The Balaban J connectivity index is 1.87. The van der Waals surface area contributed by atoms with Gasteiger partial charge in [-0.05, 0) is 49.4 Å². The van der Waals surface area contributed by atoms with Crippen LogP contribution >= 0.6 is 0 Å². The van der Waals surface area contributed by atoms with Gasteiger partial charge in [0.1, 0.15) is 0 Å². The van der Waals surface area contributed by atoms with Crippen molar-refractivity contribution in [2.24, 2.45) is 5.92 Å². The van der Waals surface area contributed by atoms with E-state index in [9.17, 15) is 9.59 Å². The fourth-order valence-electron chi connectivity index (χ4n) is 3.13. The average molecular weight is 331 g/mol. The number of anilines is 1. The molecule has 1 aromatic rings. The van der Waals surface area contributed by atoms with Crippen molar-refractivity contribution < 1.29 is 9.59 Å². The third-order valence-electron chi connectivity index (χ3n) is 4.66. The zero-order valence-electron chi connectivity index (χ0n) is 15.0. The van der Waals surface area contributed by atoms with Gasteiger partial charge in [0.05, 0.1) is 0 Å². The Morgan fingerprint density at radius 2 is 1.83 bits per heavy atom. The third-order valence-corrected chi connectivity index (χ3v) is 4.66. The molecule has 0 bridgehead atoms. The summed E-state index contributed by atoms with van der Waals surface area (Å²) in [5, 5.41) is 2.87. The van der Waals surface area contributed by atoms with E-state index in [1.807, 2.05) is 29.2 Å². The van der Waals surface area contributed by atoms with E-state index in [1.54, 1.807) is 6.92 Å². The van der Waals surface area contributed by atoms with Crippen LogP contribution in [0.25, 0.3) is 0 Å². The Kier molecular flexibility index (Phi) is 6.64. The van der Waals surface area contributed by atoms with Crippen LogP contribution in [0.3, 0.4) is 0 Å². The number of carbonyl (C=O) groups excluding carboxylic acids is 2. The summed E-state index contributed by atoms with van der Waals surface area (Å²) in [6, 6.07) is 7.89. The lowest BCUT2D eigenvalue weighted by Crippen LogP contribution is -2.41. The molecular weight excluding hydrogens is 302 g/mol. The second-order valence-electron chi connectivity index (χ2n) is 6.64. The van der Waals surface area contributed by atoms with Crippen molar-refractivity contribution in [2.75, 3.05) is 38.1 Å². The molecule has 1 aliphatic rings. The van der Waals surface area contributed by atoms with E-state index in [0.717, 1.165) is 56.7 Å². The highest BCUT2D eigenvalue weighted by Gasteiger charge is 2.23. The highest BCUT2D eigenvalue weighted by Crippen LogP contribution is 2.20. The molecule has 0 spiro atoms. The Morgan fingerprint density at radius 1 is 1.21 bits per heavy atom. The molecule has 2 rings (SSSR count). The van der Waals surface area contributed by atoms with Gasteiger partial charge in [-0.15, -0.1) is 0 Å². The molecule has 0 saturated carbocycles. The summed E-state index contributed by atoms with van der Waals surface area (Å²) in [7, 11) is 2.07. The highest BCUT2D eigenvalue weighted by molar-refractivity contribution is 5.94. The monoisotopic (exact) mass is 331 g/mol. The minimum absolute atomic E-state index is 0.0154. The van der Waals surface area contributed by atoms with Gasteiger partial charge in [0, 0.05) is 51.4 Å². The van der Waals surface area contributed by atoms with Crippen molar-refractivity contribution in [1.82, 2.24) is 10.2 Å². The summed E-state index contributed by atoms with van der Waals surface area (Å²) in [5.74, 6) is 0.599. The Morgan fingerprint density at radius 3 is 2.38 bits per heavy atom. The van der Waals surface area contributed by atoms with Crippen LogP contribution in [0, 0.1) is 5.92 Å². The number of hydrogen-bond acceptors (Lipinski definition) is 3. The fraction of sp³-hybridized carbons (Fsp3) is 0.579. The van der Waals surface area contributed by atoms with Crippen LogP contribution in [-0.2, 0) is 4.79 Å². The summed E-state index contributed by atoms with van der Waals surface area (Å²) in [6.07, 6.45) is 3.00. The lowest BCUT2D eigenvalue weighted by atomic mass is 9.96. The van der Waals surface area contributed by atoms with Gasteiger partial charge in [-0.25, -0.2) is 0 Å². The summed E-state index contributed by atoms with van der Waals surface area (Å²) < 4.78 is 0. The number of nitrogens with one attached hydrogen (secondary N) is 1. The van der Waals surface area contributed by atoms with Gasteiger partial charge >= 0.3 is 0 Å². The first-order valence-corrected chi connectivity index (χ1v) is 8.86. The van der Waals surface area contributed by atoms with E-state index in [-0.39, 0.29) is 11.8 Å². The lowest BCUT2D eigenvalue weighted by molar-refractivity contribution is -0.119. The van der Waals surface area contributed by atoms with Crippen LogP contribution in [0.1, 0.15) is 43.5 Å². The summed E-state index contributed by atoms with van der Waals surface area (Å²) in [6.45, 7) is 6.95. The Hall–Kier alpha value is -2.04. The van der Waals surface area contributed by atoms with Gasteiger partial charge in [0.15, 0.2) is 0 Å². The molecule has 0 aliphatic carbocycles. The van der Waals surface area contributed by atoms with Crippen LogP contribution in [0.15, 0.2) is 24.3 Å². The molecule has 1 fully saturated rings. The Bertz CT molecular complexity index is 548. The van der Waals surface area contributed by atoms with Crippen molar-refractivity contribution in [3.8, 4) is 0 Å². The van der Waals surface area contributed by atoms with Gasteiger partial charge in [0.2, 0.25) is 5.91 Å². The van der Waals surface area contributed by atoms with E-state index in [4.69, 9.17) is 0 Å². The fourth-order valence-corrected chi connectivity index (χ4v) is 3.13. The van der Waals surface area contributed by atoms with E-state index in [1.165, 1.54) is 0 Å². The zero-order valence-corrected chi connectivity index (χ0v) is 15.0. The highest BCUT2D eigenvalue weighted by atomic mass is 16.2. The molecule has 1 saturated heterocycles. The molecule has 2 amide bonds. The van der Waals surface area contributed by atoms with E-state index in [0.29, 0.717) is 5.92 Å². The first-order valence-electron chi connectivity index (χ1n) is 8.86. The molecule has 1 aliphatic heterocycles. The van der Waals surface area contributed by atoms with Gasteiger partial charge in [0.25, 0.3) is 5.91 Å². The lowest BCUT2D eigenvalue weighted by Gasteiger charge is -2.32. The molecule has 132 valence electrons. The Labute approximate surface area is 145 Å². The minimum atomic E-state index is 0.0154. The standard InChI is InChI=1S/C19H29N3O2/c1-4-11-21(3)18-7-5-17(6-8-18)19(24)22-12-9-16(10-13-22)14-20-15(2)23/h5-8,16H,4,9-14H2,1-3H3,(H,20,23). The van der Waals surface area contributed by atoms with Gasteiger partial charge in [-0.2, -0.15) is 0 Å². The van der Waals surface area contributed by atoms with Crippen molar-refractivity contribution in [2.45, 2.75) is 33.1 Å². The molecule has 1 N–H and O–H groups in total. The molecule has 0 atom stereocenters. The molecule has 5 nitrogen and oxygen atoms in total. The molecular formula is C19H29N3O2. The van der Waals surface area contributed by atoms with Crippen molar-refractivity contribution in [3.63, 3.8) is 0 Å². The van der Waals surface area contributed by atoms with E-state index < -0.39 is 0 Å². The molecule has 24 heavy (non-hydrogen) atoms. The SMILES string of the molecule is CCCN(C)c1ccc(C(=O)N2CCC(CNC(C)=O)CC2)cc1. The molecule has 1 aromatic carbocycles. The van der Waals surface area contributed by atoms with Crippen LogP contribution in [-0.4, -0.2) is 49.9 Å². The summed E-state index contributed by atoms with van der Waals surface area (Å²) in [4.78, 5) is 27.7. The largest absolute Gasteiger partial charge is 0.375 e. The molecule has 5 heteroatoms. The second-order valence-corrected chi connectivity index (χ2v) is 6.64. The minimum Gasteiger partial charge on any atom is -0.375 e. The first kappa shape index (κ1) is 18.3. The van der Waals surface area contributed by atoms with Gasteiger partial charge in [-0.1, -0.05) is 6.92 Å². The number of benzene rings is 1. The molecule has 1 heterocycles. The number of piperidine rings is 1. The van der Waals surface area contributed by atoms with Crippen molar-refractivity contribution >= 4 is 17.5 Å². The number of nitrogens with zero attached hydrogens (tertiary/aromatic N) is 2. The number of amides is 2. The number of likely N-dealkylation sites (tertiary alicyclic amines) is 1. The van der Waals surface area contributed by atoms with Crippen LogP contribution in [0.5, 0.6) is 0 Å². The van der Waals surface area contributed by atoms with Gasteiger partial charge < -0.3 is 15.1 Å². The number of rotatable bonds is 6. The zero-order chi connectivity index (χ0) is 17.5. The normalized spacial score (nSPS) is 15.2. The predicted octanol–water partition coefficient (Wildman–Crippen LogP) is 2.52. The van der Waals surface area contributed by atoms with Crippen LogP contribution in [0.2, 0.25) is 0 Å². The van der Waals surface area contributed by atoms with Crippen LogP contribution in [0.4, 0.5) is 5.69 Å². The predicted molar refractivity (Wildman–Crippen MR) is 97.3 cm³/mol. The molecule has 0 radical (unpaired) electrons. The smallest absolute Gasteiger partial charge is 0.253 e. The molecule has 0 unspecified atom stereocenters. The van der Waals surface area contributed by atoms with E-state index in [2.05, 4.69) is 24.2 Å². The quantitative estimate of drug-likeness (QED) is 0.871. The second kappa shape index (κ2) is 8.71. The number of carbonyl (C=O) groups is 2. The third kappa shape index (κ3) is 4.98. The maximum absolute atomic E-state index is 12.6. The van der Waals surface area contributed by atoms with Crippen molar-refractivity contribution in [1.29, 1.82) is 0 Å². The van der Waals surface area contributed by atoms with Crippen molar-refractivity contribution in [3.05, 3.63) is 29.8 Å². The van der Waals surface area contributed by atoms with Gasteiger partial charge in [-0.3, -0.25) is 9.59 Å². The summed E-state index contributed by atoms with van der Waals surface area (Å²) in [5.41, 5.74) is 1.89. The maximum atomic E-state index is 12.6. The first-order chi connectivity index (χ1) is 11.5. The topological polar surface area (TPSA) is 52.7 Å². The molecule has 0 aromatic heterocycles. The van der Waals surface area contributed by atoms with E-state index >= 15 is 0 Å². The van der Waals surface area contributed by atoms with Crippen LogP contribution < -0.4 is 10.2 Å². The maximum Gasteiger partial charge on any atom is 0.253 e. The summed E-state index contributed by atoms with van der Waals surface area (Å²) >= 11 is 0.